The second-order valence-corrected chi connectivity index (χ2v) is 6.12. The molecular weight excluding hydrogens is 386 g/mol. The minimum atomic E-state index is -0.694. The summed E-state index contributed by atoms with van der Waals surface area (Å²) in [5.41, 5.74) is 0.478. The molecule has 0 saturated carbocycles. The zero-order chi connectivity index (χ0) is 20.4. The summed E-state index contributed by atoms with van der Waals surface area (Å²) in [6.07, 6.45) is 0. The van der Waals surface area contributed by atoms with Crippen molar-refractivity contribution in [2.24, 2.45) is 0 Å². The van der Waals surface area contributed by atoms with Crippen LogP contribution in [0.3, 0.4) is 0 Å². The van der Waals surface area contributed by atoms with E-state index in [2.05, 4.69) is 5.32 Å². The minimum absolute atomic E-state index is 0.107. The van der Waals surface area contributed by atoms with Crippen LogP contribution in [0.2, 0.25) is 5.02 Å². The highest BCUT2D eigenvalue weighted by molar-refractivity contribution is 6.30. The van der Waals surface area contributed by atoms with Crippen molar-refractivity contribution in [1.29, 1.82) is 0 Å². The van der Waals surface area contributed by atoms with Gasteiger partial charge in [0.1, 0.15) is 18.1 Å². The van der Waals surface area contributed by atoms with Crippen molar-refractivity contribution in [3.8, 4) is 11.5 Å². The van der Waals surface area contributed by atoms with Gasteiger partial charge in [-0.25, -0.2) is 4.79 Å². The number of hydrogen-bond donors (Lipinski definition) is 1. The van der Waals surface area contributed by atoms with Gasteiger partial charge >= 0.3 is 5.97 Å². The van der Waals surface area contributed by atoms with Gasteiger partial charge < -0.3 is 19.5 Å². The van der Waals surface area contributed by atoms with Crippen LogP contribution >= 0.6 is 11.6 Å². The van der Waals surface area contributed by atoms with Crippen LogP contribution in [0.25, 0.3) is 0 Å². The Bertz CT molecular complexity index is 822. The molecule has 0 atom stereocenters. The number of halogens is 1. The largest absolute Gasteiger partial charge is 0.492 e. The summed E-state index contributed by atoms with van der Waals surface area (Å²) in [5.74, 6) is -0.248. The summed E-state index contributed by atoms with van der Waals surface area (Å²) < 4.78 is 15.5. The van der Waals surface area contributed by atoms with Crippen LogP contribution in [0.1, 0.15) is 17.3 Å². The Morgan fingerprint density at radius 1 is 0.964 bits per heavy atom. The van der Waals surface area contributed by atoms with Crippen LogP contribution in [-0.4, -0.2) is 44.0 Å². The van der Waals surface area contributed by atoms with E-state index in [0.717, 1.165) is 0 Å². The summed E-state index contributed by atoms with van der Waals surface area (Å²) in [6.45, 7) is 1.17. The Balaban J connectivity index is 1.60. The molecule has 2 aromatic carbocycles. The molecule has 2 aromatic rings. The minimum Gasteiger partial charge on any atom is -0.492 e. The lowest BCUT2D eigenvalue weighted by Gasteiger charge is -2.09. The van der Waals surface area contributed by atoms with Crippen LogP contribution in [0, 0.1) is 0 Å². The Hall–Kier alpha value is -3.06. The van der Waals surface area contributed by atoms with Gasteiger partial charge in [-0.15, -0.1) is 0 Å². The van der Waals surface area contributed by atoms with E-state index in [9.17, 15) is 14.4 Å². The first-order valence-corrected chi connectivity index (χ1v) is 8.86. The van der Waals surface area contributed by atoms with E-state index in [1.165, 1.54) is 13.0 Å². The first-order valence-electron chi connectivity index (χ1n) is 8.48. The third-order valence-corrected chi connectivity index (χ3v) is 3.72. The van der Waals surface area contributed by atoms with Gasteiger partial charge in [-0.3, -0.25) is 9.59 Å². The van der Waals surface area contributed by atoms with Crippen LogP contribution in [-0.2, 0) is 14.3 Å². The van der Waals surface area contributed by atoms with E-state index in [4.69, 9.17) is 25.8 Å². The molecule has 2 rings (SSSR count). The summed E-state index contributed by atoms with van der Waals surface area (Å²) in [6, 6.07) is 13.3. The number of amides is 1. The van der Waals surface area contributed by atoms with Crippen molar-refractivity contribution in [1.82, 2.24) is 5.32 Å². The molecule has 0 bridgehead atoms. The molecule has 0 saturated heterocycles. The first-order chi connectivity index (χ1) is 13.4. The Labute approximate surface area is 167 Å². The number of carbonyl (C=O) groups is 3. The molecule has 1 amide bonds. The number of esters is 1. The van der Waals surface area contributed by atoms with E-state index in [0.29, 0.717) is 22.1 Å². The van der Waals surface area contributed by atoms with Crippen molar-refractivity contribution in [3.05, 3.63) is 59.1 Å². The molecule has 148 valence electrons. The third-order valence-electron chi connectivity index (χ3n) is 3.47. The molecule has 0 fully saturated rings. The van der Waals surface area contributed by atoms with Gasteiger partial charge in [0.2, 0.25) is 0 Å². The molecule has 0 aliphatic rings. The number of ketones is 1. The fourth-order valence-corrected chi connectivity index (χ4v) is 2.20. The van der Waals surface area contributed by atoms with E-state index in [-0.39, 0.29) is 25.5 Å². The molecule has 0 spiro atoms. The average Bonchev–Trinajstić information content (AvgIpc) is 2.69. The highest BCUT2D eigenvalue weighted by atomic mass is 35.5. The highest BCUT2D eigenvalue weighted by Crippen LogP contribution is 2.15. The van der Waals surface area contributed by atoms with Gasteiger partial charge in [-0.1, -0.05) is 23.7 Å². The molecule has 28 heavy (non-hydrogen) atoms. The summed E-state index contributed by atoms with van der Waals surface area (Å²) >= 11 is 5.78. The van der Waals surface area contributed by atoms with E-state index < -0.39 is 18.5 Å². The molecular formula is C20H20ClNO6. The quantitative estimate of drug-likeness (QED) is 0.371. The summed E-state index contributed by atoms with van der Waals surface area (Å²) in [4.78, 5) is 34.6. The standard InChI is InChI=1S/C20H20ClNO6/c1-14(23)15-3-2-4-18(11-15)27-13-20(25)28-12-19(24)22-9-10-26-17-7-5-16(21)6-8-17/h2-8,11H,9-10,12-13H2,1H3,(H,22,24). The fourth-order valence-electron chi connectivity index (χ4n) is 2.08. The fraction of sp³-hybridized carbons (Fsp3) is 0.250. The number of Topliss-reactive ketones (excluding diaryl/α,β-unsaturated/α-hetero) is 1. The third kappa shape index (κ3) is 7.67. The van der Waals surface area contributed by atoms with Gasteiger partial charge in [0.05, 0.1) is 6.54 Å². The number of benzene rings is 2. The smallest absolute Gasteiger partial charge is 0.344 e. The molecule has 7 nitrogen and oxygen atoms in total. The maximum atomic E-state index is 11.7. The molecule has 0 aliphatic carbocycles. The maximum Gasteiger partial charge on any atom is 0.344 e. The predicted octanol–water partition coefficient (Wildman–Crippen LogP) is 2.66. The monoisotopic (exact) mass is 405 g/mol. The van der Waals surface area contributed by atoms with Crippen LogP contribution < -0.4 is 14.8 Å². The molecule has 0 aliphatic heterocycles. The molecule has 8 heteroatoms. The second-order valence-electron chi connectivity index (χ2n) is 5.69. The van der Waals surface area contributed by atoms with Crippen LogP contribution in [0.15, 0.2) is 48.5 Å². The summed E-state index contributed by atoms with van der Waals surface area (Å²) in [5, 5.41) is 3.18. The van der Waals surface area contributed by atoms with Gasteiger partial charge in [-0.05, 0) is 43.3 Å². The highest BCUT2D eigenvalue weighted by Gasteiger charge is 2.09. The van der Waals surface area contributed by atoms with E-state index in [1.807, 2.05) is 0 Å². The lowest BCUT2D eigenvalue weighted by molar-refractivity contribution is -0.150. The van der Waals surface area contributed by atoms with Gasteiger partial charge in [0.15, 0.2) is 19.0 Å². The number of rotatable bonds is 10. The van der Waals surface area contributed by atoms with Gasteiger partial charge in [-0.2, -0.15) is 0 Å². The topological polar surface area (TPSA) is 90.9 Å². The maximum absolute atomic E-state index is 11.7. The zero-order valence-corrected chi connectivity index (χ0v) is 16.0. The van der Waals surface area contributed by atoms with Crippen LogP contribution in [0.4, 0.5) is 0 Å². The van der Waals surface area contributed by atoms with E-state index >= 15 is 0 Å². The van der Waals surface area contributed by atoms with E-state index in [1.54, 1.807) is 42.5 Å². The van der Waals surface area contributed by atoms with Crippen molar-refractivity contribution in [3.63, 3.8) is 0 Å². The van der Waals surface area contributed by atoms with Crippen LogP contribution in [0.5, 0.6) is 11.5 Å². The normalized spacial score (nSPS) is 10.1. The number of ether oxygens (including phenoxy) is 3. The Morgan fingerprint density at radius 2 is 1.71 bits per heavy atom. The molecule has 1 N–H and O–H groups in total. The number of nitrogens with one attached hydrogen (secondary N) is 1. The van der Waals surface area contributed by atoms with Crippen molar-refractivity contribution in [2.45, 2.75) is 6.92 Å². The molecule has 0 unspecified atom stereocenters. The Kier molecular flexibility index (Phi) is 8.30. The predicted molar refractivity (Wildman–Crippen MR) is 103 cm³/mol. The first kappa shape index (κ1) is 21.2. The van der Waals surface area contributed by atoms with Gasteiger partial charge in [0.25, 0.3) is 5.91 Å². The summed E-state index contributed by atoms with van der Waals surface area (Å²) in [7, 11) is 0. The molecule has 0 radical (unpaired) electrons. The zero-order valence-electron chi connectivity index (χ0n) is 15.3. The Morgan fingerprint density at radius 3 is 2.43 bits per heavy atom. The number of carbonyl (C=O) groups excluding carboxylic acids is 3. The average molecular weight is 406 g/mol. The van der Waals surface area contributed by atoms with Gasteiger partial charge in [0, 0.05) is 10.6 Å². The van der Waals surface area contributed by atoms with Crippen molar-refractivity contribution < 1.29 is 28.6 Å². The molecule has 0 aromatic heterocycles. The molecule has 0 heterocycles. The lowest BCUT2D eigenvalue weighted by Crippen LogP contribution is -2.32. The van der Waals surface area contributed by atoms with Crippen molar-refractivity contribution >= 4 is 29.3 Å². The van der Waals surface area contributed by atoms with Crippen molar-refractivity contribution in [2.75, 3.05) is 26.4 Å². The SMILES string of the molecule is CC(=O)c1cccc(OCC(=O)OCC(=O)NCCOc2ccc(Cl)cc2)c1. The lowest BCUT2D eigenvalue weighted by atomic mass is 10.1. The number of hydrogen-bond acceptors (Lipinski definition) is 6. The second kappa shape index (κ2) is 10.9.